The van der Waals surface area contributed by atoms with E-state index >= 15 is 0 Å². The summed E-state index contributed by atoms with van der Waals surface area (Å²) < 4.78 is 13.2. The lowest BCUT2D eigenvalue weighted by molar-refractivity contribution is 0.0659. The number of hydrogen-bond donors (Lipinski definition) is 2. The minimum absolute atomic E-state index is 0.129. The Hall–Kier alpha value is -1.77. The SMILES string of the molecule is CC1CCOc2nn(C3CCOCC3)c(Cl)c2Nc2ncc(Cl)c(n2)N1. The van der Waals surface area contributed by atoms with E-state index < -0.39 is 0 Å². The highest BCUT2D eigenvalue weighted by Crippen LogP contribution is 2.38. The van der Waals surface area contributed by atoms with E-state index in [4.69, 9.17) is 32.7 Å². The molecule has 10 heteroatoms. The van der Waals surface area contributed by atoms with Crippen molar-refractivity contribution in [2.45, 2.75) is 38.3 Å². The first kappa shape index (κ1) is 17.6. The predicted molar refractivity (Wildman–Crippen MR) is 99.8 cm³/mol. The van der Waals surface area contributed by atoms with Gasteiger partial charge >= 0.3 is 0 Å². The van der Waals surface area contributed by atoms with E-state index in [1.54, 1.807) is 6.20 Å². The van der Waals surface area contributed by atoms with Crippen molar-refractivity contribution in [3.8, 4) is 5.88 Å². The molecule has 8 nitrogen and oxygen atoms in total. The minimum Gasteiger partial charge on any atom is -0.475 e. The quantitative estimate of drug-likeness (QED) is 0.757. The third kappa shape index (κ3) is 3.54. The standard InChI is InChI=1S/C16H20Cl2N6O2/c1-9-2-7-26-15-12(21-16-19-8-11(17)14(20-9)22-16)13(18)24(23-15)10-3-5-25-6-4-10/h8-10H,2-7H2,1H3,(H2,19,20,21,22). The zero-order valence-electron chi connectivity index (χ0n) is 14.3. The Balaban J connectivity index is 1.72. The molecule has 1 fully saturated rings. The monoisotopic (exact) mass is 398 g/mol. The first-order chi connectivity index (χ1) is 12.6. The largest absolute Gasteiger partial charge is 0.475 e. The molecule has 2 bridgehead atoms. The second-order valence-corrected chi connectivity index (χ2v) is 7.22. The molecule has 0 amide bonds. The van der Waals surface area contributed by atoms with E-state index in [9.17, 15) is 0 Å². The first-order valence-electron chi connectivity index (χ1n) is 8.66. The molecule has 2 N–H and O–H groups in total. The van der Waals surface area contributed by atoms with Crippen molar-refractivity contribution in [2.24, 2.45) is 0 Å². The lowest BCUT2D eigenvalue weighted by Crippen LogP contribution is -2.21. The number of rotatable bonds is 1. The van der Waals surface area contributed by atoms with E-state index in [1.165, 1.54) is 0 Å². The molecular weight excluding hydrogens is 379 g/mol. The topological polar surface area (TPSA) is 86.1 Å². The lowest BCUT2D eigenvalue weighted by atomic mass is 10.1. The van der Waals surface area contributed by atoms with Crippen molar-refractivity contribution in [2.75, 3.05) is 30.5 Å². The maximum atomic E-state index is 6.63. The van der Waals surface area contributed by atoms with Crippen LogP contribution in [0.4, 0.5) is 17.5 Å². The van der Waals surface area contributed by atoms with Crippen LogP contribution in [-0.4, -0.2) is 45.6 Å². The van der Waals surface area contributed by atoms with Crippen LogP contribution in [0.25, 0.3) is 0 Å². The molecule has 1 unspecified atom stereocenters. The molecule has 0 aliphatic carbocycles. The Bertz CT molecular complexity index is 793. The maximum absolute atomic E-state index is 6.63. The molecule has 4 rings (SSSR count). The van der Waals surface area contributed by atoms with E-state index in [1.807, 2.05) is 11.6 Å². The smallest absolute Gasteiger partial charge is 0.258 e. The van der Waals surface area contributed by atoms with Crippen LogP contribution in [0, 0.1) is 0 Å². The highest BCUT2D eigenvalue weighted by Gasteiger charge is 2.26. The predicted octanol–water partition coefficient (Wildman–Crippen LogP) is 3.66. The van der Waals surface area contributed by atoms with Crippen LogP contribution >= 0.6 is 23.2 Å². The molecule has 140 valence electrons. The van der Waals surface area contributed by atoms with Gasteiger partial charge in [0.1, 0.15) is 10.7 Å². The Morgan fingerprint density at radius 2 is 2.00 bits per heavy atom. The van der Waals surface area contributed by atoms with Crippen molar-refractivity contribution >= 4 is 40.7 Å². The van der Waals surface area contributed by atoms with Crippen LogP contribution in [-0.2, 0) is 4.74 Å². The van der Waals surface area contributed by atoms with E-state index in [0.717, 1.165) is 19.3 Å². The van der Waals surface area contributed by atoms with Gasteiger partial charge in [0, 0.05) is 25.7 Å². The summed E-state index contributed by atoms with van der Waals surface area (Å²) in [6.45, 7) is 3.94. The van der Waals surface area contributed by atoms with Gasteiger partial charge in [-0.05, 0) is 19.8 Å². The summed E-state index contributed by atoms with van der Waals surface area (Å²) in [6, 6.07) is 0.314. The van der Waals surface area contributed by atoms with Crippen LogP contribution in [0.2, 0.25) is 10.2 Å². The molecule has 2 aliphatic rings. The van der Waals surface area contributed by atoms with Crippen molar-refractivity contribution in [1.82, 2.24) is 19.7 Å². The van der Waals surface area contributed by atoms with Gasteiger partial charge in [-0.1, -0.05) is 23.2 Å². The Kier molecular flexibility index (Phi) is 5.06. The van der Waals surface area contributed by atoms with Gasteiger partial charge in [-0.3, -0.25) is 0 Å². The van der Waals surface area contributed by atoms with Crippen LogP contribution in [0.5, 0.6) is 5.88 Å². The molecule has 2 aromatic heterocycles. The molecule has 2 aromatic rings. The molecule has 1 saturated heterocycles. The number of aromatic nitrogens is 4. The zero-order valence-corrected chi connectivity index (χ0v) is 15.8. The number of hydrogen-bond acceptors (Lipinski definition) is 7. The van der Waals surface area contributed by atoms with Crippen molar-refractivity contribution in [3.05, 3.63) is 16.4 Å². The Labute approximate surface area is 161 Å². The number of fused-ring (bicyclic) bond motifs is 3. The molecule has 0 radical (unpaired) electrons. The maximum Gasteiger partial charge on any atom is 0.258 e. The number of nitrogens with zero attached hydrogens (tertiary/aromatic N) is 4. The van der Waals surface area contributed by atoms with Crippen LogP contribution in [0.15, 0.2) is 6.20 Å². The lowest BCUT2D eigenvalue weighted by Gasteiger charge is -2.22. The van der Waals surface area contributed by atoms with Gasteiger partial charge in [0.25, 0.3) is 5.88 Å². The molecule has 26 heavy (non-hydrogen) atoms. The van der Waals surface area contributed by atoms with Gasteiger partial charge in [-0.15, -0.1) is 5.10 Å². The number of ether oxygens (including phenoxy) is 2. The van der Waals surface area contributed by atoms with Crippen LogP contribution in [0.1, 0.15) is 32.2 Å². The number of anilines is 3. The fourth-order valence-corrected chi connectivity index (χ4v) is 3.50. The minimum atomic E-state index is 0.129. The molecule has 0 saturated carbocycles. The number of halogens is 2. The summed E-state index contributed by atoms with van der Waals surface area (Å²) >= 11 is 12.8. The number of nitrogens with one attached hydrogen (secondary N) is 2. The molecule has 4 heterocycles. The highest BCUT2D eigenvalue weighted by molar-refractivity contribution is 6.33. The first-order valence-corrected chi connectivity index (χ1v) is 9.42. The third-order valence-electron chi connectivity index (χ3n) is 4.51. The summed E-state index contributed by atoms with van der Waals surface area (Å²) in [7, 11) is 0. The van der Waals surface area contributed by atoms with Crippen molar-refractivity contribution in [1.29, 1.82) is 0 Å². The highest BCUT2D eigenvalue weighted by atomic mass is 35.5. The summed E-state index contributed by atoms with van der Waals surface area (Å²) in [5, 5.41) is 12.0. The Morgan fingerprint density at radius 1 is 1.19 bits per heavy atom. The molecule has 0 spiro atoms. The molecule has 1 atom stereocenters. The van der Waals surface area contributed by atoms with E-state index in [-0.39, 0.29) is 12.1 Å². The summed E-state index contributed by atoms with van der Waals surface area (Å²) in [6.07, 6.45) is 4.05. The van der Waals surface area contributed by atoms with Crippen LogP contribution < -0.4 is 15.4 Å². The summed E-state index contributed by atoms with van der Waals surface area (Å²) in [5.41, 5.74) is 0.570. The van der Waals surface area contributed by atoms with Gasteiger partial charge in [0.2, 0.25) is 5.95 Å². The summed E-state index contributed by atoms with van der Waals surface area (Å²) in [5.74, 6) is 1.41. The Morgan fingerprint density at radius 3 is 2.81 bits per heavy atom. The van der Waals surface area contributed by atoms with Crippen LogP contribution in [0.3, 0.4) is 0 Å². The second-order valence-electron chi connectivity index (χ2n) is 6.46. The zero-order chi connectivity index (χ0) is 18.1. The second kappa shape index (κ2) is 7.46. The van der Waals surface area contributed by atoms with E-state index in [2.05, 4.69) is 25.7 Å². The van der Waals surface area contributed by atoms with Crippen molar-refractivity contribution < 1.29 is 9.47 Å². The fourth-order valence-electron chi connectivity index (χ4n) is 3.05. The van der Waals surface area contributed by atoms with Crippen molar-refractivity contribution in [3.63, 3.8) is 0 Å². The normalized spacial score (nSPS) is 21.0. The van der Waals surface area contributed by atoms with Gasteiger partial charge in [-0.25, -0.2) is 9.67 Å². The molecule has 0 aromatic carbocycles. The van der Waals surface area contributed by atoms with Gasteiger partial charge < -0.3 is 20.1 Å². The third-order valence-corrected chi connectivity index (χ3v) is 5.15. The average Bonchev–Trinajstić information content (AvgIpc) is 2.93. The molecule has 2 aliphatic heterocycles. The van der Waals surface area contributed by atoms with Gasteiger partial charge in [-0.2, -0.15) is 4.98 Å². The fraction of sp³-hybridized carbons (Fsp3) is 0.562. The molecular formula is C16H20Cl2N6O2. The average molecular weight is 399 g/mol. The summed E-state index contributed by atoms with van der Waals surface area (Å²) in [4.78, 5) is 8.69. The van der Waals surface area contributed by atoms with Gasteiger partial charge in [0.15, 0.2) is 11.0 Å². The van der Waals surface area contributed by atoms with Gasteiger partial charge in [0.05, 0.1) is 18.8 Å². The van der Waals surface area contributed by atoms with E-state index in [0.29, 0.717) is 53.3 Å².